The van der Waals surface area contributed by atoms with Crippen molar-refractivity contribution in [3.63, 3.8) is 0 Å². The summed E-state index contributed by atoms with van der Waals surface area (Å²) in [5.74, 6) is 0.651. The van der Waals surface area contributed by atoms with Gasteiger partial charge in [-0.2, -0.15) is 0 Å². The van der Waals surface area contributed by atoms with E-state index in [4.69, 9.17) is 17.3 Å². The molecule has 1 aromatic rings. The maximum Gasteiger partial charge on any atom is 0.0931 e. The second-order valence-electron chi connectivity index (χ2n) is 4.72. The Kier molecular flexibility index (Phi) is 3.90. The Bertz CT molecular complexity index is 351. The third-order valence-electron chi connectivity index (χ3n) is 3.55. The maximum atomic E-state index is 5.97. The van der Waals surface area contributed by atoms with Gasteiger partial charge in [0.1, 0.15) is 0 Å². The van der Waals surface area contributed by atoms with Gasteiger partial charge in [0.2, 0.25) is 0 Å². The van der Waals surface area contributed by atoms with Crippen LogP contribution < -0.4 is 5.73 Å². The van der Waals surface area contributed by atoms with Crippen LogP contribution in [0.3, 0.4) is 0 Å². The largest absolute Gasteiger partial charge is 0.328 e. The summed E-state index contributed by atoms with van der Waals surface area (Å²) in [6.45, 7) is 6.64. The monoisotopic (exact) mass is 258 g/mol. The average Bonchev–Trinajstić information content (AvgIpc) is 2.84. The quantitative estimate of drug-likeness (QED) is 0.903. The van der Waals surface area contributed by atoms with Gasteiger partial charge in [-0.15, -0.1) is 11.3 Å². The van der Waals surface area contributed by atoms with Crippen molar-refractivity contribution < 1.29 is 0 Å². The molecule has 2 rings (SSSR count). The zero-order valence-corrected chi connectivity index (χ0v) is 11.4. The molecule has 3 unspecified atom stereocenters. The van der Waals surface area contributed by atoms with Crippen LogP contribution in [0.2, 0.25) is 4.34 Å². The van der Waals surface area contributed by atoms with Crippen molar-refractivity contribution in [3.8, 4) is 0 Å². The van der Waals surface area contributed by atoms with Gasteiger partial charge in [-0.05, 0) is 44.9 Å². The first-order valence-electron chi connectivity index (χ1n) is 5.83. The Labute approximate surface area is 106 Å². The Morgan fingerprint density at radius 2 is 2.25 bits per heavy atom. The zero-order chi connectivity index (χ0) is 11.7. The van der Waals surface area contributed by atoms with Crippen molar-refractivity contribution >= 4 is 22.9 Å². The maximum absolute atomic E-state index is 5.97. The van der Waals surface area contributed by atoms with Crippen molar-refractivity contribution in [3.05, 3.63) is 21.3 Å². The Balaban J connectivity index is 1.99. The number of nitrogens with zero attached hydrogens (tertiary/aromatic N) is 1. The third-order valence-corrected chi connectivity index (χ3v) is 4.95. The molecule has 0 saturated carbocycles. The molecule has 0 radical (unpaired) electrons. The molecule has 2 heterocycles. The minimum atomic E-state index is 0.309. The van der Waals surface area contributed by atoms with E-state index in [0.717, 1.165) is 17.4 Å². The second kappa shape index (κ2) is 5.05. The van der Waals surface area contributed by atoms with Crippen LogP contribution in [0.1, 0.15) is 31.2 Å². The van der Waals surface area contributed by atoms with Gasteiger partial charge in [-0.1, -0.05) is 11.6 Å². The number of rotatable bonds is 3. The van der Waals surface area contributed by atoms with Crippen LogP contribution in [-0.4, -0.2) is 24.0 Å². The Morgan fingerprint density at radius 1 is 1.50 bits per heavy atom. The molecule has 0 bridgehead atoms. The van der Waals surface area contributed by atoms with Crippen LogP contribution >= 0.6 is 22.9 Å². The summed E-state index contributed by atoms with van der Waals surface area (Å²) in [4.78, 5) is 3.87. The number of thiophene rings is 1. The molecule has 16 heavy (non-hydrogen) atoms. The first-order valence-corrected chi connectivity index (χ1v) is 7.02. The van der Waals surface area contributed by atoms with E-state index in [1.54, 1.807) is 11.3 Å². The van der Waals surface area contributed by atoms with Crippen LogP contribution in [0.4, 0.5) is 0 Å². The highest BCUT2D eigenvalue weighted by Gasteiger charge is 2.29. The van der Waals surface area contributed by atoms with Gasteiger partial charge in [-0.25, -0.2) is 0 Å². The fourth-order valence-corrected chi connectivity index (χ4v) is 3.48. The molecule has 90 valence electrons. The normalized spacial score (nSPS) is 25.9. The molecule has 3 atom stereocenters. The molecule has 0 spiro atoms. The molecule has 2 N–H and O–H groups in total. The number of hydrogen-bond acceptors (Lipinski definition) is 3. The van der Waals surface area contributed by atoms with Gasteiger partial charge in [0.05, 0.1) is 4.34 Å². The predicted octanol–water partition coefficient (Wildman–Crippen LogP) is 3.13. The molecule has 2 nitrogen and oxygen atoms in total. The van der Waals surface area contributed by atoms with E-state index < -0.39 is 0 Å². The number of likely N-dealkylation sites (tertiary alicyclic amines) is 1. The van der Waals surface area contributed by atoms with Crippen molar-refractivity contribution in [1.29, 1.82) is 0 Å². The molecule has 0 aliphatic carbocycles. The van der Waals surface area contributed by atoms with Crippen molar-refractivity contribution in [1.82, 2.24) is 4.90 Å². The summed E-state index contributed by atoms with van der Waals surface area (Å²) in [5, 5.41) is 0. The highest BCUT2D eigenvalue weighted by molar-refractivity contribution is 7.16. The molecular formula is C12H19ClN2S. The van der Waals surface area contributed by atoms with Crippen molar-refractivity contribution in [2.24, 2.45) is 11.7 Å². The van der Waals surface area contributed by atoms with Gasteiger partial charge in [0.15, 0.2) is 0 Å². The van der Waals surface area contributed by atoms with Crippen LogP contribution in [0, 0.1) is 5.92 Å². The van der Waals surface area contributed by atoms with E-state index in [-0.39, 0.29) is 0 Å². The molecule has 0 amide bonds. The molecular weight excluding hydrogens is 240 g/mol. The number of halogens is 1. The Morgan fingerprint density at radius 3 is 2.75 bits per heavy atom. The second-order valence-corrected chi connectivity index (χ2v) is 6.47. The predicted molar refractivity (Wildman–Crippen MR) is 71.1 cm³/mol. The topological polar surface area (TPSA) is 29.3 Å². The summed E-state index contributed by atoms with van der Waals surface area (Å²) in [6.07, 6.45) is 1.22. The number of hydrogen-bond donors (Lipinski definition) is 1. The van der Waals surface area contributed by atoms with E-state index in [1.807, 2.05) is 6.07 Å². The number of nitrogens with two attached hydrogens (primary N) is 1. The minimum absolute atomic E-state index is 0.309. The van der Waals surface area contributed by atoms with Crippen molar-refractivity contribution in [2.75, 3.05) is 13.1 Å². The molecule has 1 saturated heterocycles. The lowest BCUT2D eigenvalue weighted by Crippen LogP contribution is -2.30. The molecule has 1 aliphatic heterocycles. The van der Waals surface area contributed by atoms with E-state index in [2.05, 4.69) is 24.8 Å². The molecule has 1 fully saturated rings. The van der Waals surface area contributed by atoms with Gasteiger partial charge >= 0.3 is 0 Å². The van der Waals surface area contributed by atoms with E-state index in [1.165, 1.54) is 11.3 Å². The smallest absolute Gasteiger partial charge is 0.0931 e. The SMILES string of the molecule is CC(N)C1CCN(C(C)c2ccc(Cl)s2)C1. The first kappa shape index (κ1) is 12.4. The van der Waals surface area contributed by atoms with Crippen molar-refractivity contribution in [2.45, 2.75) is 32.4 Å². The average molecular weight is 259 g/mol. The highest BCUT2D eigenvalue weighted by Crippen LogP contribution is 2.33. The lowest BCUT2D eigenvalue weighted by Gasteiger charge is -2.24. The van der Waals surface area contributed by atoms with Crippen LogP contribution in [-0.2, 0) is 0 Å². The standard InChI is InChI=1S/C12H19ClN2S/c1-8(14)10-5-6-15(7-10)9(2)11-3-4-12(13)16-11/h3-4,8-10H,5-7,14H2,1-2H3. The van der Waals surface area contributed by atoms with Gasteiger partial charge in [0.25, 0.3) is 0 Å². The van der Waals surface area contributed by atoms with Crippen LogP contribution in [0.15, 0.2) is 12.1 Å². The lowest BCUT2D eigenvalue weighted by atomic mass is 10.0. The zero-order valence-electron chi connectivity index (χ0n) is 9.82. The van der Waals surface area contributed by atoms with Crippen LogP contribution in [0.5, 0.6) is 0 Å². The molecule has 1 aliphatic rings. The lowest BCUT2D eigenvalue weighted by molar-refractivity contribution is 0.251. The summed E-state index contributed by atoms with van der Waals surface area (Å²) in [6, 6.07) is 4.90. The van der Waals surface area contributed by atoms with Gasteiger partial charge < -0.3 is 5.73 Å². The summed E-state index contributed by atoms with van der Waals surface area (Å²) in [5.41, 5.74) is 5.96. The van der Waals surface area contributed by atoms with E-state index >= 15 is 0 Å². The Hall–Kier alpha value is -0.0900. The molecule has 4 heteroatoms. The van der Waals surface area contributed by atoms with Gasteiger partial charge in [-0.3, -0.25) is 4.90 Å². The summed E-state index contributed by atoms with van der Waals surface area (Å²) < 4.78 is 0.879. The highest BCUT2D eigenvalue weighted by atomic mass is 35.5. The fraction of sp³-hybridized carbons (Fsp3) is 0.667. The van der Waals surface area contributed by atoms with Crippen LogP contribution in [0.25, 0.3) is 0 Å². The molecule has 1 aromatic heterocycles. The molecule has 0 aromatic carbocycles. The van der Waals surface area contributed by atoms with E-state index in [9.17, 15) is 0 Å². The summed E-state index contributed by atoms with van der Waals surface area (Å²) >= 11 is 7.66. The first-order chi connectivity index (χ1) is 7.58. The minimum Gasteiger partial charge on any atom is -0.328 e. The van der Waals surface area contributed by atoms with E-state index in [0.29, 0.717) is 18.0 Å². The summed E-state index contributed by atoms with van der Waals surface area (Å²) in [7, 11) is 0. The van der Waals surface area contributed by atoms with Gasteiger partial charge in [0, 0.05) is 23.5 Å². The fourth-order valence-electron chi connectivity index (χ4n) is 2.33. The third kappa shape index (κ3) is 2.59.